The van der Waals surface area contributed by atoms with Gasteiger partial charge in [-0.15, -0.1) is 0 Å². The first kappa shape index (κ1) is 15.0. The van der Waals surface area contributed by atoms with Crippen molar-refractivity contribution >= 4 is 0 Å². The van der Waals surface area contributed by atoms with Gasteiger partial charge in [-0.05, 0) is 31.0 Å². The first-order chi connectivity index (χ1) is 9.85. The molecule has 4 heteroatoms. The SMILES string of the molecule is CCCCCCCOc1cc2c(cc1CCN)OCO2. The molecule has 0 saturated carbocycles. The van der Waals surface area contributed by atoms with Crippen molar-refractivity contribution in [3.8, 4) is 17.2 Å². The van der Waals surface area contributed by atoms with E-state index in [0.717, 1.165) is 42.3 Å². The molecule has 1 aliphatic heterocycles. The van der Waals surface area contributed by atoms with Crippen LogP contribution in [-0.4, -0.2) is 19.9 Å². The highest BCUT2D eigenvalue weighted by molar-refractivity contribution is 5.51. The summed E-state index contributed by atoms with van der Waals surface area (Å²) in [5.74, 6) is 2.45. The average molecular weight is 279 g/mol. The Morgan fingerprint density at radius 3 is 2.60 bits per heavy atom. The largest absolute Gasteiger partial charge is 0.493 e. The fourth-order valence-electron chi connectivity index (χ4n) is 2.34. The van der Waals surface area contributed by atoms with Gasteiger partial charge in [0.05, 0.1) is 6.61 Å². The fourth-order valence-corrected chi connectivity index (χ4v) is 2.34. The molecular formula is C16H25NO3. The molecule has 0 spiro atoms. The van der Waals surface area contributed by atoms with Gasteiger partial charge in [-0.1, -0.05) is 32.6 Å². The van der Waals surface area contributed by atoms with Crippen LogP contribution in [0.1, 0.15) is 44.6 Å². The second-order valence-electron chi connectivity index (χ2n) is 5.11. The smallest absolute Gasteiger partial charge is 0.231 e. The summed E-state index contributed by atoms with van der Waals surface area (Å²) in [5, 5.41) is 0. The van der Waals surface area contributed by atoms with Gasteiger partial charge in [0.15, 0.2) is 11.5 Å². The molecule has 0 aromatic heterocycles. The predicted molar refractivity (Wildman–Crippen MR) is 79.6 cm³/mol. The molecule has 20 heavy (non-hydrogen) atoms. The van der Waals surface area contributed by atoms with Gasteiger partial charge in [0, 0.05) is 6.07 Å². The van der Waals surface area contributed by atoms with E-state index in [0.29, 0.717) is 6.54 Å². The molecule has 0 fully saturated rings. The number of hydrogen-bond donors (Lipinski definition) is 1. The molecule has 2 rings (SSSR count). The van der Waals surface area contributed by atoms with E-state index < -0.39 is 0 Å². The second-order valence-corrected chi connectivity index (χ2v) is 5.11. The minimum Gasteiger partial charge on any atom is -0.493 e. The Bertz CT molecular complexity index is 420. The molecule has 2 N–H and O–H groups in total. The molecule has 4 nitrogen and oxygen atoms in total. The minimum atomic E-state index is 0.290. The van der Waals surface area contributed by atoms with E-state index in [1.54, 1.807) is 0 Å². The summed E-state index contributed by atoms with van der Waals surface area (Å²) in [5.41, 5.74) is 6.76. The van der Waals surface area contributed by atoms with E-state index in [1.807, 2.05) is 12.1 Å². The molecular weight excluding hydrogens is 254 g/mol. The molecule has 0 atom stereocenters. The highest BCUT2D eigenvalue weighted by Crippen LogP contribution is 2.38. The van der Waals surface area contributed by atoms with Crippen LogP contribution < -0.4 is 19.9 Å². The van der Waals surface area contributed by atoms with Gasteiger partial charge in [-0.25, -0.2) is 0 Å². The van der Waals surface area contributed by atoms with Gasteiger partial charge in [-0.2, -0.15) is 0 Å². The van der Waals surface area contributed by atoms with Crippen molar-refractivity contribution in [3.63, 3.8) is 0 Å². The van der Waals surface area contributed by atoms with Crippen LogP contribution in [0.2, 0.25) is 0 Å². The average Bonchev–Trinajstić information content (AvgIpc) is 2.90. The van der Waals surface area contributed by atoms with Crippen molar-refractivity contribution in [2.45, 2.75) is 45.4 Å². The third kappa shape index (κ3) is 4.04. The quantitative estimate of drug-likeness (QED) is 0.705. The summed E-state index contributed by atoms with van der Waals surface area (Å²) in [4.78, 5) is 0. The molecule has 112 valence electrons. The number of rotatable bonds is 9. The molecule has 0 unspecified atom stereocenters. The number of benzene rings is 1. The first-order valence-corrected chi connectivity index (χ1v) is 7.60. The summed E-state index contributed by atoms with van der Waals surface area (Å²) in [6.45, 7) is 3.87. The van der Waals surface area contributed by atoms with Gasteiger partial charge in [-0.3, -0.25) is 0 Å². The van der Waals surface area contributed by atoms with Crippen molar-refractivity contribution in [2.75, 3.05) is 19.9 Å². The number of nitrogens with two attached hydrogens (primary N) is 1. The van der Waals surface area contributed by atoms with Crippen molar-refractivity contribution in [3.05, 3.63) is 17.7 Å². The molecule has 0 amide bonds. The lowest BCUT2D eigenvalue weighted by Gasteiger charge is -2.12. The van der Waals surface area contributed by atoms with Gasteiger partial charge in [0.1, 0.15) is 5.75 Å². The second kappa shape index (κ2) is 8.00. The van der Waals surface area contributed by atoms with E-state index in [1.165, 1.54) is 25.7 Å². The Morgan fingerprint density at radius 2 is 1.85 bits per heavy atom. The number of hydrogen-bond acceptors (Lipinski definition) is 4. The Morgan fingerprint density at radius 1 is 1.10 bits per heavy atom. The van der Waals surface area contributed by atoms with Gasteiger partial charge in [0.2, 0.25) is 6.79 Å². The monoisotopic (exact) mass is 279 g/mol. The van der Waals surface area contributed by atoms with Crippen molar-refractivity contribution in [2.24, 2.45) is 5.73 Å². The van der Waals surface area contributed by atoms with Gasteiger partial charge < -0.3 is 19.9 Å². The molecule has 1 aliphatic rings. The third-order valence-electron chi connectivity index (χ3n) is 3.47. The summed E-state index contributed by atoms with van der Waals surface area (Å²) < 4.78 is 16.7. The van der Waals surface area contributed by atoms with Crippen LogP contribution in [0.4, 0.5) is 0 Å². The summed E-state index contributed by atoms with van der Waals surface area (Å²) in [7, 11) is 0. The van der Waals surface area contributed by atoms with Crippen LogP contribution in [0.5, 0.6) is 17.2 Å². The normalized spacial score (nSPS) is 12.7. The minimum absolute atomic E-state index is 0.290. The standard InChI is InChI=1S/C16H25NO3/c1-2-3-4-5-6-9-18-14-11-16-15(19-12-20-16)10-13(14)7-8-17/h10-11H,2-9,12,17H2,1H3. The lowest BCUT2D eigenvalue weighted by atomic mass is 10.1. The summed E-state index contributed by atoms with van der Waals surface area (Å²) in [6, 6.07) is 3.92. The zero-order valence-electron chi connectivity index (χ0n) is 12.3. The Hall–Kier alpha value is -1.42. The molecule has 0 bridgehead atoms. The lowest BCUT2D eigenvalue weighted by Crippen LogP contribution is -2.06. The zero-order chi connectivity index (χ0) is 14.2. The van der Waals surface area contributed by atoms with Crippen molar-refractivity contribution in [1.29, 1.82) is 0 Å². The van der Waals surface area contributed by atoms with E-state index in [2.05, 4.69) is 6.92 Å². The fraction of sp³-hybridized carbons (Fsp3) is 0.625. The number of unbranched alkanes of at least 4 members (excludes halogenated alkanes) is 4. The molecule has 1 aromatic rings. The molecule has 0 aliphatic carbocycles. The van der Waals surface area contributed by atoms with Crippen LogP contribution in [0.25, 0.3) is 0 Å². The number of ether oxygens (including phenoxy) is 3. The topological polar surface area (TPSA) is 53.7 Å². The van der Waals surface area contributed by atoms with Gasteiger partial charge >= 0.3 is 0 Å². The lowest BCUT2D eigenvalue weighted by molar-refractivity contribution is 0.173. The Labute approximate surface area is 121 Å². The molecule has 1 heterocycles. The maximum atomic E-state index is 5.90. The van der Waals surface area contributed by atoms with E-state index in [-0.39, 0.29) is 6.79 Å². The van der Waals surface area contributed by atoms with E-state index in [4.69, 9.17) is 19.9 Å². The summed E-state index contributed by atoms with van der Waals surface area (Å²) in [6.07, 6.45) is 6.98. The maximum Gasteiger partial charge on any atom is 0.231 e. The predicted octanol–water partition coefficient (Wildman–Crippen LogP) is 3.27. The number of fused-ring (bicyclic) bond motifs is 1. The first-order valence-electron chi connectivity index (χ1n) is 7.60. The van der Waals surface area contributed by atoms with E-state index in [9.17, 15) is 0 Å². The Balaban J connectivity index is 1.89. The van der Waals surface area contributed by atoms with Gasteiger partial charge in [0.25, 0.3) is 0 Å². The van der Waals surface area contributed by atoms with Crippen LogP contribution in [0.15, 0.2) is 12.1 Å². The molecule has 1 aromatic carbocycles. The highest BCUT2D eigenvalue weighted by atomic mass is 16.7. The van der Waals surface area contributed by atoms with Crippen LogP contribution in [-0.2, 0) is 6.42 Å². The van der Waals surface area contributed by atoms with Crippen LogP contribution >= 0.6 is 0 Å². The Kier molecular flexibility index (Phi) is 5.99. The van der Waals surface area contributed by atoms with Crippen molar-refractivity contribution in [1.82, 2.24) is 0 Å². The molecule has 0 saturated heterocycles. The summed E-state index contributed by atoms with van der Waals surface area (Å²) >= 11 is 0. The zero-order valence-corrected chi connectivity index (χ0v) is 12.3. The molecule has 0 radical (unpaired) electrons. The maximum absolute atomic E-state index is 5.90. The van der Waals surface area contributed by atoms with Crippen LogP contribution in [0, 0.1) is 0 Å². The highest BCUT2D eigenvalue weighted by Gasteiger charge is 2.17. The third-order valence-corrected chi connectivity index (χ3v) is 3.47. The van der Waals surface area contributed by atoms with Crippen LogP contribution in [0.3, 0.4) is 0 Å². The van der Waals surface area contributed by atoms with Crippen molar-refractivity contribution < 1.29 is 14.2 Å². The van der Waals surface area contributed by atoms with E-state index >= 15 is 0 Å².